The Bertz CT molecular complexity index is 925. The van der Waals surface area contributed by atoms with Gasteiger partial charge in [0.15, 0.2) is 0 Å². The first kappa shape index (κ1) is 16.8. The summed E-state index contributed by atoms with van der Waals surface area (Å²) in [6, 6.07) is 13.7. The van der Waals surface area contributed by atoms with Gasteiger partial charge in [-0.2, -0.15) is 0 Å². The average molecular weight is 402 g/mol. The van der Waals surface area contributed by atoms with Gasteiger partial charge in [-0.3, -0.25) is 14.9 Å². The van der Waals surface area contributed by atoms with Gasteiger partial charge in [0.05, 0.1) is 21.5 Å². The normalized spacial score (nSPS) is 10.4. The van der Waals surface area contributed by atoms with Crippen LogP contribution in [0.3, 0.4) is 0 Å². The van der Waals surface area contributed by atoms with Crippen LogP contribution in [0.5, 0.6) is 0 Å². The van der Waals surface area contributed by atoms with Crippen LogP contribution in [0.2, 0.25) is 0 Å². The Hall–Kier alpha value is -3.00. The number of aromatic nitrogens is 1. The van der Waals surface area contributed by atoms with Gasteiger partial charge in [0.2, 0.25) is 11.8 Å². The highest BCUT2D eigenvalue weighted by Gasteiger charge is 2.15. The third kappa shape index (κ3) is 4.10. The highest BCUT2D eigenvalue weighted by atomic mass is 79.9. The van der Waals surface area contributed by atoms with Crippen LogP contribution < -0.4 is 5.32 Å². The number of carbonyl (C=O) groups is 1. The van der Waals surface area contributed by atoms with E-state index >= 15 is 0 Å². The third-order valence-corrected chi connectivity index (χ3v) is 4.01. The number of nitro groups is 1. The summed E-state index contributed by atoms with van der Waals surface area (Å²) < 4.78 is 5.73. The molecule has 0 aliphatic heterocycles. The third-order valence-electron chi connectivity index (χ3n) is 3.34. The molecule has 2 aromatic carbocycles. The van der Waals surface area contributed by atoms with E-state index in [9.17, 15) is 14.9 Å². The summed E-state index contributed by atoms with van der Waals surface area (Å²) in [5, 5.41) is 13.5. The second kappa shape index (κ2) is 7.27. The van der Waals surface area contributed by atoms with E-state index in [1.807, 2.05) is 30.3 Å². The van der Waals surface area contributed by atoms with E-state index in [0.717, 1.165) is 5.56 Å². The van der Waals surface area contributed by atoms with Crippen molar-refractivity contribution in [3.05, 3.63) is 75.1 Å². The van der Waals surface area contributed by atoms with Gasteiger partial charge in [0.25, 0.3) is 5.69 Å². The summed E-state index contributed by atoms with van der Waals surface area (Å²) in [6.45, 7) is 0. The molecule has 0 unspecified atom stereocenters. The number of hydrogen-bond acceptors (Lipinski definition) is 5. The zero-order chi connectivity index (χ0) is 17.8. The van der Waals surface area contributed by atoms with Gasteiger partial charge in [-0.1, -0.05) is 18.2 Å². The minimum absolute atomic E-state index is 0.000194. The summed E-state index contributed by atoms with van der Waals surface area (Å²) in [5.41, 5.74) is 1.51. The molecule has 0 fully saturated rings. The molecule has 25 heavy (non-hydrogen) atoms. The van der Waals surface area contributed by atoms with Crippen molar-refractivity contribution in [2.45, 2.75) is 6.42 Å². The lowest BCUT2D eigenvalue weighted by Crippen LogP contribution is -2.14. The molecule has 0 saturated carbocycles. The fourth-order valence-corrected chi connectivity index (χ4v) is 2.59. The number of oxazole rings is 1. The van der Waals surface area contributed by atoms with Crippen molar-refractivity contribution in [3.8, 4) is 11.5 Å². The second-order valence-corrected chi connectivity index (χ2v) is 6.01. The summed E-state index contributed by atoms with van der Waals surface area (Å²) >= 11 is 3.10. The molecule has 0 saturated heterocycles. The maximum Gasteiger partial charge on any atom is 0.285 e. The number of anilines is 1. The van der Waals surface area contributed by atoms with Crippen molar-refractivity contribution in [3.63, 3.8) is 0 Å². The van der Waals surface area contributed by atoms with Crippen molar-refractivity contribution in [2.24, 2.45) is 0 Å². The molecule has 1 N–H and O–H groups in total. The molecule has 8 heteroatoms. The maximum absolute atomic E-state index is 12.1. The number of carbonyl (C=O) groups excluding carboxylic acids is 1. The van der Waals surface area contributed by atoms with E-state index < -0.39 is 4.92 Å². The Kier molecular flexibility index (Phi) is 4.90. The number of benzene rings is 2. The summed E-state index contributed by atoms with van der Waals surface area (Å²) in [7, 11) is 0. The molecule has 0 aliphatic carbocycles. The molecule has 0 spiro atoms. The molecule has 0 bridgehead atoms. The van der Waals surface area contributed by atoms with Gasteiger partial charge in [0, 0.05) is 17.3 Å². The zero-order valence-corrected chi connectivity index (χ0v) is 14.4. The highest BCUT2D eigenvalue weighted by molar-refractivity contribution is 9.10. The number of rotatable bonds is 5. The van der Waals surface area contributed by atoms with E-state index in [2.05, 4.69) is 26.2 Å². The summed E-state index contributed by atoms with van der Waals surface area (Å²) in [5.74, 6) is 0.0900. The topological polar surface area (TPSA) is 98.3 Å². The van der Waals surface area contributed by atoms with Crippen molar-refractivity contribution in [1.29, 1.82) is 0 Å². The van der Waals surface area contributed by atoms with Crippen molar-refractivity contribution >= 4 is 33.2 Å². The highest BCUT2D eigenvalue weighted by Crippen LogP contribution is 2.28. The smallest absolute Gasteiger partial charge is 0.285 e. The molecule has 3 rings (SSSR count). The summed E-state index contributed by atoms with van der Waals surface area (Å²) in [6.07, 6.45) is 1.42. The molecule has 0 aliphatic rings. The second-order valence-electron chi connectivity index (χ2n) is 5.16. The van der Waals surface area contributed by atoms with Gasteiger partial charge < -0.3 is 9.73 Å². The quantitative estimate of drug-likeness (QED) is 0.510. The minimum atomic E-state index is -0.524. The largest absolute Gasteiger partial charge is 0.444 e. The maximum atomic E-state index is 12.1. The van der Waals surface area contributed by atoms with E-state index in [0.29, 0.717) is 21.7 Å². The van der Waals surface area contributed by atoms with Crippen molar-refractivity contribution in [2.75, 3.05) is 5.32 Å². The van der Waals surface area contributed by atoms with E-state index in [1.54, 1.807) is 6.07 Å². The predicted molar refractivity (Wildman–Crippen MR) is 95.1 cm³/mol. The van der Waals surface area contributed by atoms with Crippen LogP contribution in [0, 0.1) is 10.1 Å². The molecule has 1 aromatic heterocycles. The molecule has 126 valence electrons. The number of halogens is 1. The van der Waals surface area contributed by atoms with Crippen molar-refractivity contribution < 1.29 is 14.1 Å². The predicted octanol–water partition coefficient (Wildman–Crippen LogP) is 4.19. The Morgan fingerprint density at radius 1 is 1.24 bits per heavy atom. The monoisotopic (exact) mass is 401 g/mol. The number of hydrogen-bond donors (Lipinski definition) is 1. The van der Waals surface area contributed by atoms with E-state index in [-0.39, 0.29) is 18.0 Å². The van der Waals surface area contributed by atoms with E-state index in [1.165, 1.54) is 18.4 Å². The first-order valence-electron chi connectivity index (χ1n) is 7.26. The fourth-order valence-electron chi connectivity index (χ4n) is 2.20. The molecular formula is C17H12BrN3O4. The van der Waals surface area contributed by atoms with Gasteiger partial charge >= 0.3 is 0 Å². The molecule has 0 radical (unpaired) electrons. The van der Waals surface area contributed by atoms with Gasteiger partial charge in [-0.25, -0.2) is 4.98 Å². The first-order chi connectivity index (χ1) is 12.0. The molecule has 7 nitrogen and oxygen atoms in total. The number of nitrogens with zero attached hydrogens (tertiary/aromatic N) is 2. The van der Waals surface area contributed by atoms with Crippen LogP contribution in [0.25, 0.3) is 11.5 Å². The SMILES string of the molecule is O=C(Cc1coc(-c2ccccc2)n1)Nc1ccc(Br)c([N+](=O)[O-])c1. The molecule has 1 heterocycles. The zero-order valence-electron chi connectivity index (χ0n) is 12.8. The Morgan fingerprint density at radius 3 is 2.72 bits per heavy atom. The standard InChI is InChI=1S/C17H12BrN3O4/c18-14-7-6-12(8-15(14)21(23)24)19-16(22)9-13-10-25-17(20-13)11-4-2-1-3-5-11/h1-8,10H,9H2,(H,19,22). The van der Waals surface area contributed by atoms with Crippen LogP contribution in [0.15, 0.2) is 63.7 Å². The molecule has 0 atom stereocenters. The number of nitro benzene ring substituents is 1. The van der Waals surface area contributed by atoms with Gasteiger partial charge in [-0.05, 0) is 40.2 Å². The first-order valence-corrected chi connectivity index (χ1v) is 8.06. The minimum Gasteiger partial charge on any atom is -0.444 e. The average Bonchev–Trinajstić information content (AvgIpc) is 3.05. The van der Waals surface area contributed by atoms with E-state index in [4.69, 9.17) is 4.42 Å². The van der Waals surface area contributed by atoms with Gasteiger partial charge in [-0.15, -0.1) is 0 Å². The van der Waals surface area contributed by atoms with Crippen LogP contribution in [-0.4, -0.2) is 15.8 Å². The Balaban J connectivity index is 1.68. The summed E-state index contributed by atoms with van der Waals surface area (Å²) in [4.78, 5) is 26.8. The number of nitrogens with one attached hydrogen (secondary N) is 1. The Morgan fingerprint density at radius 2 is 2.00 bits per heavy atom. The molecule has 3 aromatic rings. The van der Waals surface area contributed by atoms with Crippen molar-refractivity contribution in [1.82, 2.24) is 4.98 Å². The van der Waals surface area contributed by atoms with Crippen LogP contribution in [-0.2, 0) is 11.2 Å². The fraction of sp³-hybridized carbons (Fsp3) is 0.0588. The molecular weight excluding hydrogens is 390 g/mol. The number of amides is 1. The lowest BCUT2D eigenvalue weighted by molar-refractivity contribution is -0.385. The lowest BCUT2D eigenvalue weighted by Gasteiger charge is -2.04. The van der Waals surface area contributed by atoms with Crippen LogP contribution in [0.4, 0.5) is 11.4 Å². The molecule has 1 amide bonds. The van der Waals surface area contributed by atoms with Crippen LogP contribution >= 0.6 is 15.9 Å². The lowest BCUT2D eigenvalue weighted by atomic mass is 10.2. The van der Waals surface area contributed by atoms with Crippen LogP contribution in [0.1, 0.15) is 5.69 Å². The Labute approximate surface area is 151 Å². The van der Waals surface area contributed by atoms with Gasteiger partial charge in [0.1, 0.15) is 6.26 Å².